The molecule has 0 aliphatic heterocycles. The minimum Gasteiger partial charge on any atom is -0.465 e. The Kier molecular flexibility index (Phi) is 5.71. The lowest BCUT2D eigenvalue weighted by Crippen LogP contribution is -2.33. The topological polar surface area (TPSA) is 90.0 Å². The van der Waals surface area contributed by atoms with Gasteiger partial charge in [-0.05, 0) is 26.3 Å². The summed E-state index contributed by atoms with van der Waals surface area (Å²) in [5.41, 5.74) is 0.111. The van der Waals surface area contributed by atoms with E-state index >= 15 is 0 Å². The highest BCUT2D eigenvalue weighted by molar-refractivity contribution is 7.91. The van der Waals surface area contributed by atoms with Gasteiger partial charge in [-0.15, -0.1) is 11.3 Å². The van der Waals surface area contributed by atoms with Crippen LogP contribution in [0.15, 0.2) is 4.21 Å². The predicted octanol–water partition coefficient (Wildman–Crippen LogP) is 1.66. The second-order valence-electron chi connectivity index (χ2n) is 4.82. The van der Waals surface area contributed by atoms with Crippen molar-refractivity contribution in [1.29, 1.82) is 0 Å². The number of carbonyl (C=O) groups excluding carboxylic acids is 2. The number of thiophene rings is 1. The van der Waals surface area contributed by atoms with Crippen molar-refractivity contribution in [3.63, 3.8) is 0 Å². The molecule has 0 aliphatic carbocycles. The van der Waals surface area contributed by atoms with Crippen LogP contribution in [0.5, 0.6) is 0 Å². The molecule has 0 saturated heterocycles. The standard InChI is InChI=1S/C13H19NO6S2/c1-7(2)14(4)22(17,18)13-9(11(15)19-5)8(3)10(21-13)12(16)20-6/h7H,1-6H3. The maximum atomic E-state index is 12.7. The zero-order valence-corrected chi connectivity index (χ0v) is 14.9. The van der Waals surface area contributed by atoms with E-state index < -0.39 is 22.0 Å². The van der Waals surface area contributed by atoms with Crippen molar-refractivity contribution in [1.82, 2.24) is 4.31 Å². The zero-order valence-electron chi connectivity index (χ0n) is 13.3. The van der Waals surface area contributed by atoms with E-state index in [9.17, 15) is 18.0 Å². The molecule has 0 bridgehead atoms. The Morgan fingerprint density at radius 2 is 1.64 bits per heavy atom. The second kappa shape index (κ2) is 6.76. The number of rotatable bonds is 5. The normalized spacial score (nSPS) is 11.8. The van der Waals surface area contributed by atoms with E-state index in [1.165, 1.54) is 21.1 Å². The van der Waals surface area contributed by atoms with Gasteiger partial charge in [0.05, 0.1) is 19.8 Å². The number of ether oxygens (including phenoxy) is 2. The van der Waals surface area contributed by atoms with E-state index in [2.05, 4.69) is 9.47 Å². The van der Waals surface area contributed by atoms with Gasteiger partial charge in [0.1, 0.15) is 4.88 Å². The van der Waals surface area contributed by atoms with Crippen LogP contribution in [0.2, 0.25) is 0 Å². The van der Waals surface area contributed by atoms with Crippen molar-refractivity contribution in [2.24, 2.45) is 0 Å². The third kappa shape index (κ3) is 3.16. The lowest BCUT2D eigenvalue weighted by Gasteiger charge is -2.20. The summed E-state index contributed by atoms with van der Waals surface area (Å²) in [6, 6.07) is -0.306. The molecule has 22 heavy (non-hydrogen) atoms. The van der Waals surface area contributed by atoms with Gasteiger partial charge in [-0.1, -0.05) is 0 Å². The van der Waals surface area contributed by atoms with E-state index in [0.717, 1.165) is 11.4 Å². The number of esters is 2. The summed E-state index contributed by atoms with van der Waals surface area (Å²) in [7, 11) is -0.173. The summed E-state index contributed by atoms with van der Waals surface area (Å²) in [4.78, 5) is 23.8. The van der Waals surface area contributed by atoms with Gasteiger partial charge in [0.25, 0.3) is 10.0 Å². The summed E-state index contributed by atoms with van der Waals surface area (Å²) < 4.78 is 35.5. The number of hydrogen-bond donors (Lipinski definition) is 0. The van der Waals surface area contributed by atoms with Gasteiger partial charge in [-0.2, -0.15) is 4.31 Å². The SMILES string of the molecule is COC(=O)c1sc(S(=O)(=O)N(C)C(C)C)c(C(=O)OC)c1C. The largest absolute Gasteiger partial charge is 0.465 e. The Balaban J connectivity index is 3.67. The molecule has 0 amide bonds. The van der Waals surface area contributed by atoms with Gasteiger partial charge in [0.15, 0.2) is 4.21 Å². The summed E-state index contributed by atoms with van der Waals surface area (Å²) in [5.74, 6) is -1.50. The first-order valence-electron chi connectivity index (χ1n) is 6.37. The molecule has 7 nitrogen and oxygen atoms in total. The van der Waals surface area contributed by atoms with E-state index in [1.54, 1.807) is 13.8 Å². The summed E-state index contributed by atoms with van der Waals surface area (Å²) in [5, 5.41) is 0. The van der Waals surface area contributed by atoms with Crippen molar-refractivity contribution >= 4 is 33.3 Å². The van der Waals surface area contributed by atoms with Crippen molar-refractivity contribution in [3.05, 3.63) is 16.0 Å². The van der Waals surface area contributed by atoms with Gasteiger partial charge in [0, 0.05) is 13.1 Å². The van der Waals surface area contributed by atoms with Crippen LogP contribution >= 0.6 is 11.3 Å². The fourth-order valence-electron chi connectivity index (χ4n) is 1.70. The summed E-state index contributed by atoms with van der Waals surface area (Å²) in [6.45, 7) is 4.90. The number of nitrogens with zero attached hydrogens (tertiary/aromatic N) is 1. The number of methoxy groups -OCH3 is 2. The van der Waals surface area contributed by atoms with E-state index in [-0.39, 0.29) is 26.3 Å². The van der Waals surface area contributed by atoms with Crippen molar-refractivity contribution in [3.8, 4) is 0 Å². The molecule has 1 heterocycles. The zero-order chi connectivity index (χ0) is 17.2. The van der Waals surface area contributed by atoms with Crippen LogP contribution in [0.4, 0.5) is 0 Å². The summed E-state index contributed by atoms with van der Waals surface area (Å²) in [6.07, 6.45) is 0. The molecule has 1 aromatic heterocycles. The monoisotopic (exact) mass is 349 g/mol. The van der Waals surface area contributed by atoms with Gasteiger partial charge in [-0.25, -0.2) is 18.0 Å². The maximum absolute atomic E-state index is 12.7. The molecule has 0 unspecified atom stereocenters. The Morgan fingerprint density at radius 3 is 2.05 bits per heavy atom. The van der Waals surface area contributed by atoms with Crippen molar-refractivity contribution in [2.75, 3.05) is 21.3 Å². The molecule has 1 aromatic rings. The fraction of sp³-hybridized carbons (Fsp3) is 0.538. The highest BCUT2D eigenvalue weighted by atomic mass is 32.2. The van der Waals surface area contributed by atoms with Crippen molar-refractivity contribution < 1.29 is 27.5 Å². The van der Waals surface area contributed by atoms with E-state index in [0.29, 0.717) is 11.3 Å². The minimum absolute atomic E-state index is 0.0682. The maximum Gasteiger partial charge on any atom is 0.348 e. The first kappa shape index (κ1) is 18.6. The first-order chi connectivity index (χ1) is 10.1. The third-order valence-electron chi connectivity index (χ3n) is 3.22. The highest BCUT2D eigenvalue weighted by Crippen LogP contribution is 2.35. The molecule has 0 radical (unpaired) electrons. The van der Waals surface area contributed by atoms with Gasteiger partial charge in [-0.3, -0.25) is 0 Å². The molecule has 0 aliphatic rings. The second-order valence-corrected chi connectivity index (χ2v) is 8.03. The molecule has 0 aromatic carbocycles. The lowest BCUT2D eigenvalue weighted by molar-refractivity contribution is 0.0596. The summed E-state index contributed by atoms with van der Waals surface area (Å²) >= 11 is 0.710. The van der Waals surface area contributed by atoms with E-state index in [1.807, 2.05) is 0 Å². The molecule has 124 valence electrons. The van der Waals surface area contributed by atoms with Crippen molar-refractivity contribution in [2.45, 2.75) is 31.0 Å². The van der Waals surface area contributed by atoms with Gasteiger partial charge < -0.3 is 9.47 Å². The number of carbonyl (C=O) groups is 2. The van der Waals surface area contributed by atoms with Gasteiger partial charge in [0.2, 0.25) is 0 Å². The predicted molar refractivity (Wildman–Crippen MR) is 81.8 cm³/mol. The van der Waals surface area contributed by atoms with Crippen LogP contribution in [-0.4, -0.2) is 52.0 Å². The molecule has 0 fully saturated rings. The van der Waals surface area contributed by atoms with E-state index in [4.69, 9.17) is 0 Å². The van der Waals surface area contributed by atoms with Crippen LogP contribution < -0.4 is 0 Å². The molecular formula is C13H19NO6S2. The molecule has 9 heteroatoms. The van der Waals surface area contributed by atoms with Crippen LogP contribution in [0.1, 0.15) is 39.4 Å². The average molecular weight is 349 g/mol. The van der Waals surface area contributed by atoms with Crippen LogP contribution in [-0.2, 0) is 19.5 Å². The Labute approximate surface area is 133 Å². The third-order valence-corrected chi connectivity index (χ3v) is 7.02. The quantitative estimate of drug-likeness (QED) is 0.751. The molecule has 0 spiro atoms. The fourth-order valence-corrected chi connectivity index (χ4v) is 4.98. The van der Waals surface area contributed by atoms with Crippen LogP contribution in [0.3, 0.4) is 0 Å². The molecular weight excluding hydrogens is 330 g/mol. The first-order valence-corrected chi connectivity index (χ1v) is 8.63. The number of sulfonamides is 1. The Hall–Kier alpha value is -1.45. The molecule has 0 N–H and O–H groups in total. The smallest absolute Gasteiger partial charge is 0.348 e. The van der Waals surface area contributed by atoms with Crippen LogP contribution in [0, 0.1) is 6.92 Å². The molecule has 1 rings (SSSR count). The molecule has 0 saturated carbocycles. The Morgan fingerprint density at radius 1 is 1.14 bits per heavy atom. The van der Waals surface area contributed by atoms with Crippen LogP contribution in [0.25, 0.3) is 0 Å². The molecule has 0 atom stereocenters. The van der Waals surface area contributed by atoms with Gasteiger partial charge >= 0.3 is 11.9 Å². The average Bonchev–Trinajstić information content (AvgIpc) is 2.82. The minimum atomic E-state index is -3.92. The Bertz CT molecular complexity index is 690. The highest BCUT2D eigenvalue weighted by Gasteiger charge is 2.35. The lowest BCUT2D eigenvalue weighted by atomic mass is 10.2. The number of hydrogen-bond acceptors (Lipinski definition) is 7.